The van der Waals surface area contributed by atoms with Crippen LogP contribution in [0, 0.1) is 0 Å². The maximum Gasteiger partial charge on any atom is 0.224 e. The predicted molar refractivity (Wildman–Crippen MR) is 99.1 cm³/mol. The lowest BCUT2D eigenvalue weighted by molar-refractivity contribution is -0.126. The minimum absolute atomic E-state index is 0.107. The zero-order valence-corrected chi connectivity index (χ0v) is 14.4. The first-order chi connectivity index (χ1) is 11.8. The summed E-state index contributed by atoms with van der Waals surface area (Å²) in [6.45, 7) is 2.30. The first kappa shape index (κ1) is 16.5. The van der Waals surface area contributed by atoms with Crippen molar-refractivity contribution in [1.29, 1.82) is 0 Å². The van der Waals surface area contributed by atoms with Gasteiger partial charge < -0.3 is 4.90 Å². The summed E-state index contributed by atoms with van der Waals surface area (Å²) >= 11 is 0. The monoisotopic (exact) mass is 319 g/mol. The van der Waals surface area contributed by atoms with Crippen LogP contribution < -0.4 is 0 Å². The van der Waals surface area contributed by atoms with Gasteiger partial charge in [0.15, 0.2) is 0 Å². The Balaban J connectivity index is 2.03. The van der Waals surface area contributed by atoms with Gasteiger partial charge in [-0.1, -0.05) is 67.1 Å². The van der Waals surface area contributed by atoms with E-state index in [0.717, 1.165) is 29.7 Å². The molecular formula is C22H25NO. The van der Waals surface area contributed by atoms with Crippen LogP contribution in [0.1, 0.15) is 50.2 Å². The van der Waals surface area contributed by atoms with E-state index in [1.807, 2.05) is 29.2 Å². The van der Waals surface area contributed by atoms with Crippen molar-refractivity contribution >= 4 is 11.6 Å². The van der Waals surface area contributed by atoms with Gasteiger partial charge in [0, 0.05) is 6.92 Å². The zero-order valence-electron chi connectivity index (χ0n) is 14.4. The van der Waals surface area contributed by atoms with E-state index < -0.39 is 0 Å². The highest BCUT2D eigenvalue weighted by atomic mass is 16.2. The molecule has 1 fully saturated rings. The first-order valence-corrected chi connectivity index (χ1v) is 8.85. The second-order valence-corrected chi connectivity index (χ2v) is 6.47. The third-order valence-electron chi connectivity index (χ3n) is 4.67. The van der Waals surface area contributed by atoms with Crippen molar-refractivity contribution in [3.63, 3.8) is 0 Å². The van der Waals surface area contributed by atoms with Crippen LogP contribution in [-0.4, -0.2) is 10.8 Å². The van der Waals surface area contributed by atoms with E-state index in [9.17, 15) is 4.79 Å². The lowest BCUT2D eigenvalue weighted by Gasteiger charge is -2.29. The van der Waals surface area contributed by atoms with Gasteiger partial charge in [-0.2, -0.15) is 0 Å². The van der Waals surface area contributed by atoms with Gasteiger partial charge in [0.05, 0.1) is 12.2 Å². The molecule has 2 nitrogen and oxygen atoms in total. The number of carbonyl (C=O) groups is 1. The minimum Gasteiger partial charge on any atom is -0.308 e. The molecule has 24 heavy (non-hydrogen) atoms. The number of nitrogens with zero attached hydrogens (tertiary/aromatic N) is 1. The molecule has 3 rings (SSSR count). The molecule has 1 saturated carbocycles. The number of rotatable bonds is 4. The standard InChI is InChI=1S/C22H25NO/c1-18(24)23(17-19-11-5-2-6-12-19)22(20-13-7-3-8-14-20)21-15-9-4-10-16-21/h2-3,5-8,11-14H,4,9-10,15-17H2,1H3. The molecule has 0 saturated heterocycles. The average Bonchev–Trinajstić information content (AvgIpc) is 2.64. The average molecular weight is 319 g/mol. The Morgan fingerprint density at radius 2 is 1.46 bits per heavy atom. The Kier molecular flexibility index (Phi) is 5.47. The van der Waals surface area contributed by atoms with E-state index >= 15 is 0 Å². The van der Waals surface area contributed by atoms with E-state index in [2.05, 4.69) is 36.4 Å². The molecule has 0 aliphatic heterocycles. The van der Waals surface area contributed by atoms with Gasteiger partial charge in [0.25, 0.3) is 0 Å². The van der Waals surface area contributed by atoms with Crippen LogP contribution in [0.25, 0.3) is 5.70 Å². The molecule has 0 N–H and O–H groups in total. The van der Waals surface area contributed by atoms with E-state index in [1.165, 1.54) is 24.8 Å². The number of hydrogen-bond donors (Lipinski definition) is 0. The van der Waals surface area contributed by atoms with E-state index in [-0.39, 0.29) is 5.91 Å². The Morgan fingerprint density at radius 1 is 0.875 bits per heavy atom. The topological polar surface area (TPSA) is 20.3 Å². The Labute approximate surface area is 144 Å². The SMILES string of the molecule is CC(=O)N(Cc1ccccc1)C(=C1CCCCC1)c1ccccc1. The molecule has 0 spiro atoms. The van der Waals surface area contributed by atoms with Crippen molar-refractivity contribution in [2.45, 2.75) is 45.6 Å². The Morgan fingerprint density at radius 3 is 2.04 bits per heavy atom. The molecule has 0 heterocycles. The van der Waals surface area contributed by atoms with Crippen LogP contribution in [0.4, 0.5) is 0 Å². The summed E-state index contributed by atoms with van der Waals surface area (Å²) in [5, 5.41) is 0. The highest BCUT2D eigenvalue weighted by Gasteiger charge is 2.21. The molecular weight excluding hydrogens is 294 g/mol. The van der Waals surface area contributed by atoms with Gasteiger partial charge >= 0.3 is 0 Å². The van der Waals surface area contributed by atoms with E-state index in [4.69, 9.17) is 0 Å². The fraction of sp³-hybridized carbons (Fsp3) is 0.318. The van der Waals surface area contributed by atoms with Crippen LogP contribution >= 0.6 is 0 Å². The lowest BCUT2D eigenvalue weighted by Crippen LogP contribution is -2.28. The van der Waals surface area contributed by atoms with Crippen LogP contribution in [0.5, 0.6) is 0 Å². The molecule has 1 aliphatic rings. The molecule has 0 unspecified atom stereocenters. The number of allylic oxidation sites excluding steroid dienone is 1. The maximum absolute atomic E-state index is 12.5. The maximum atomic E-state index is 12.5. The normalized spacial score (nSPS) is 14.3. The second kappa shape index (κ2) is 7.96. The molecule has 1 amide bonds. The third-order valence-corrected chi connectivity index (χ3v) is 4.67. The van der Waals surface area contributed by atoms with Crippen molar-refractivity contribution in [2.24, 2.45) is 0 Å². The van der Waals surface area contributed by atoms with Crippen molar-refractivity contribution in [1.82, 2.24) is 4.90 Å². The van der Waals surface area contributed by atoms with E-state index in [1.54, 1.807) is 6.92 Å². The summed E-state index contributed by atoms with van der Waals surface area (Å²) in [4.78, 5) is 14.5. The van der Waals surface area contributed by atoms with Gasteiger partial charge in [-0.15, -0.1) is 0 Å². The molecule has 2 aromatic rings. The fourth-order valence-corrected chi connectivity index (χ4v) is 3.48. The summed E-state index contributed by atoms with van der Waals surface area (Å²) in [6.07, 6.45) is 5.95. The number of amides is 1. The first-order valence-electron chi connectivity index (χ1n) is 8.85. The minimum atomic E-state index is 0.107. The Bertz CT molecular complexity index is 695. The molecule has 2 heteroatoms. The lowest BCUT2D eigenvalue weighted by atomic mass is 9.90. The highest BCUT2D eigenvalue weighted by molar-refractivity contribution is 5.86. The van der Waals surface area contributed by atoms with Crippen LogP contribution in [0.15, 0.2) is 66.2 Å². The Hall–Kier alpha value is -2.35. The predicted octanol–water partition coefficient (Wildman–Crippen LogP) is 5.41. The number of benzene rings is 2. The van der Waals surface area contributed by atoms with Crippen LogP contribution in [0.3, 0.4) is 0 Å². The van der Waals surface area contributed by atoms with Crippen molar-refractivity contribution in [3.05, 3.63) is 77.4 Å². The van der Waals surface area contributed by atoms with Gasteiger partial charge in [-0.25, -0.2) is 0 Å². The molecule has 0 atom stereocenters. The van der Waals surface area contributed by atoms with Gasteiger partial charge in [-0.3, -0.25) is 4.79 Å². The van der Waals surface area contributed by atoms with Crippen molar-refractivity contribution < 1.29 is 4.79 Å². The largest absolute Gasteiger partial charge is 0.308 e. The summed E-state index contributed by atoms with van der Waals surface area (Å²) < 4.78 is 0. The third kappa shape index (κ3) is 3.94. The van der Waals surface area contributed by atoms with Crippen LogP contribution in [0.2, 0.25) is 0 Å². The zero-order chi connectivity index (χ0) is 16.8. The van der Waals surface area contributed by atoms with Gasteiger partial charge in [-0.05, 0) is 42.4 Å². The summed E-state index contributed by atoms with van der Waals surface area (Å²) in [6, 6.07) is 20.6. The molecule has 0 bridgehead atoms. The second-order valence-electron chi connectivity index (χ2n) is 6.47. The smallest absolute Gasteiger partial charge is 0.224 e. The van der Waals surface area contributed by atoms with E-state index in [0.29, 0.717) is 6.54 Å². The molecule has 2 aromatic carbocycles. The molecule has 0 radical (unpaired) electrons. The fourth-order valence-electron chi connectivity index (χ4n) is 3.48. The van der Waals surface area contributed by atoms with Crippen LogP contribution in [-0.2, 0) is 11.3 Å². The summed E-state index contributed by atoms with van der Waals surface area (Å²) in [5.74, 6) is 0.107. The number of carbonyl (C=O) groups excluding carboxylic acids is 1. The van der Waals surface area contributed by atoms with Crippen molar-refractivity contribution in [2.75, 3.05) is 0 Å². The molecule has 0 aromatic heterocycles. The summed E-state index contributed by atoms with van der Waals surface area (Å²) in [5.41, 5.74) is 4.88. The molecule has 1 aliphatic carbocycles. The molecule has 124 valence electrons. The van der Waals surface area contributed by atoms with Crippen molar-refractivity contribution in [3.8, 4) is 0 Å². The van der Waals surface area contributed by atoms with Gasteiger partial charge in [0.1, 0.15) is 0 Å². The highest BCUT2D eigenvalue weighted by Crippen LogP contribution is 2.33. The summed E-state index contributed by atoms with van der Waals surface area (Å²) in [7, 11) is 0. The van der Waals surface area contributed by atoms with Gasteiger partial charge in [0.2, 0.25) is 5.91 Å². The number of hydrogen-bond acceptors (Lipinski definition) is 1. The quantitative estimate of drug-likeness (QED) is 0.738.